The third-order valence-corrected chi connectivity index (χ3v) is 4.44. The van der Waals surface area contributed by atoms with Crippen LogP contribution < -0.4 is 11.1 Å². The smallest absolute Gasteiger partial charge is 0.238 e. The van der Waals surface area contributed by atoms with Crippen molar-refractivity contribution in [3.63, 3.8) is 0 Å². The minimum absolute atomic E-state index is 0.0655. The van der Waals surface area contributed by atoms with Gasteiger partial charge in [0.2, 0.25) is 5.91 Å². The topological polar surface area (TPSA) is 96.9 Å². The summed E-state index contributed by atoms with van der Waals surface area (Å²) >= 11 is 2.15. The lowest BCUT2D eigenvalue weighted by Gasteiger charge is -2.34. The second-order valence-corrected chi connectivity index (χ2v) is 5.78. The minimum Gasteiger partial charge on any atom is -0.409 e. The van der Waals surface area contributed by atoms with Gasteiger partial charge in [0.25, 0.3) is 0 Å². The van der Waals surface area contributed by atoms with E-state index in [-0.39, 0.29) is 11.7 Å². The highest BCUT2D eigenvalue weighted by atomic mass is 127. The van der Waals surface area contributed by atoms with E-state index in [4.69, 9.17) is 15.7 Å². The van der Waals surface area contributed by atoms with E-state index in [9.17, 15) is 4.79 Å². The largest absolute Gasteiger partial charge is 0.409 e. The van der Waals surface area contributed by atoms with Crippen LogP contribution in [0.15, 0.2) is 29.4 Å². The van der Waals surface area contributed by atoms with Gasteiger partial charge < -0.3 is 21.0 Å². The first kappa shape index (κ1) is 15.0. The highest BCUT2D eigenvalue weighted by molar-refractivity contribution is 14.1. The van der Waals surface area contributed by atoms with E-state index in [1.165, 1.54) is 0 Å². The molecule has 108 valence electrons. The summed E-state index contributed by atoms with van der Waals surface area (Å²) in [5.41, 5.74) is 5.47. The quantitative estimate of drug-likeness (QED) is 0.241. The van der Waals surface area contributed by atoms with Crippen LogP contribution in [0.25, 0.3) is 0 Å². The lowest BCUT2D eigenvalue weighted by atomic mass is 9.78. The number of rotatable bonds is 3. The van der Waals surface area contributed by atoms with E-state index < -0.39 is 5.41 Å². The Morgan fingerprint density at radius 1 is 1.40 bits per heavy atom. The molecule has 20 heavy (non-hydrogen) atoms. The van der Waals surface area contributed by atoms with Crippen LogP contribution in [-0.4, -0.2) is 30.2 Å². The van der Waals surface area contributed by atoms with Gasteiger partial charge in [-0.15, -0.1) is 0 Å². The molecular formula is C13H16IN3O3. The predicted octanol–water partition coefficient (Wildman–Crippen LogP) is 1.77. The molecule has 7 heteroatoms. The van der Waals surface area contributed by atoms with E-state index in [1.54, 1.807) is 0 Å². The Hall–Kier alpha value is -1.35. The Kier molecular flexibility index (Phi) is 4.81. The summed E-state index contributed by atoms with van der Waals surface area (Å²) in [6.45, 7) is 0.824. The molecule has 0 bridgehead atoms. The summed E-state index contributed by atoms with van der Waals surface area (Å²) in [5, 5.41) is 14.9. The molecule has 0 aromatic heterocycles. The van der Waals surface area contributed by atoms with Gasteiger partial charge in [-0.2, -0.15) is 0 Å². The molecule has 0 radical (unpaired) electrons. The number of carbonyl (C=O) groups excluding carboxylic acids is 1. The second-order valence-electron chi connectivity index (χ2n) is 4.61. The third kappa shape index (κ3) is 2.88. The Balaban J connectivity index is 2.26. The standard InChI is InChI=1S/C13H16IN3O3/c14-9-3-1-2-4-10(9)16-12(18)13(11(15)17-19)5-7-20-8-6-13/h1-4,19H,5-8H2,(H2,15,17)(H,16,18). The van der Waals surface area contributed by atoms with Crippen molar-refractivity contribution in [2.24, 2.45) is 16.3 Å². The zero-order valence-corrected chi connectivity index (χ0v) is 13.0. The van der Waals surface area contributed by atoms with Gasteiger partial charge in [0.15, 0.2) is 5.84 Å². The van der Waals surface area contributed by atoms with Crippen LogP contribution in [0.3, 0.4) is 0 Å². The van der Waals surface area contributed by atoms with Crippen molar-refractivity contribution < 1.29 is 14.7 Å². The fourth-order valence-electron chi connectivity index (χ4n) is 2.22. The van der Waals surface area contributed by atoms with Crippen molar-refractivity contribution in [3.05, 3.63) is 27.8 Å². The molecule has 1 aromatic rings. The van der Waals surface area contributed by atoms with Crippen molar-refractivity contribution in [1.82, 2.24) is 0 Å². The molecule has 1 amide bonds. The first-order valence-electron chi connectivity index (χ1n) is 6.22. The molecule has 0 unspecified atom stereocenters. The highest BCUT2D eigenvalue weighted by Gasteiger charge is 2.44. The molecule has 6 nitrogen and oxygen atoms in total. The molecule has 4 N–H and O–H groups in total. The van der Waals surface area contributed by atoms with E-state index in [2.05, 4.69) is 33.1 Å². The van der Waals surface area contributed by atoms with Gasteiger partial charge in [-0.1, -0.05) is 17.3 Å². The van der Waals surface area contributed by atoms with E-state index in [0.717, 1.165) is 9.26 Å². The molecule has 1 aromatic carbocycles. The van der Waals surface area contributed by atoms with Crippen LogP contribution in [0.1, 0.15) is 12.8 Å². The fourth-order valence-corrected chi connectivity index (χ4v) is 2.74. The van der Waals surface area contributed by atoms with Gasteiger partial charge in [0, 0.05) is 16.8 Å². The highest BCUT2D eigenvalue weighted by Crippen LogP contribution is 2.33. The van der Waals surface area contributed by atoms with E-state index >= 15 is 0 Å². The number of para-hydroxylation sites is 1. The summed E-state index contributed by atoms with van der Waals surface area (Å²) in [6, 6.07) is 7.46. The van der Waals surface area contributed by atoms with Crippen molar-refractivity contribution >= 4 is 40.0 Å². The Bertz CT molecular complexity index is 527. The van der Waals surface area contributed by atoms with Crippen LogP contribution in [0.4, 0.5) is 5.69 Å². The van der Waals surface area contributed by atoms with Crippen molar-refractivity contribution in [3.8, 4) is 0 Å². The summed E-state index contributed by atoms with van der Waals surface area (Å²) in [5.74, 6) is -0.329. The van der Waals surface area contributed by atoms with Crippen LogP contribution in [-0.2, 0) is 9.53 Å². The molecule has 0 atom stereocenters. The minimum atomic E-state index is -1.01. The lowest BCUT2D eigenvalue weighted by Crippen LogP contribution is -2.50. The maximum Gasteiger partial charge on any atom is 0.238 e. The maximum atomic E-state index is 12.6. The molecule has 2 rings (SSSR count). The molecule has 0 aliphatic carbocycles. The number of hydrogen-bond donors (Lipinski definition) is 3. The number of nitrogens with one attached hydrogen (secondary N) is 1. The number of nitrogens with two attached hydrogens (primary N) is 1. The van der Waals surface area contributed by atoms with Crippen molar-refractivity contribution in [2.45, 2.75) is 12.8 Å². The van der Waals surface area contributed by atoms with Gasteiger partial charge in [-0.05, 0) is 47.6 Å². The average Bonchev–Trinajstić information content (AvgIpc) is 2.49. The number of halogens is 1. The Morgan fingerprint density at radius 2 is 2.05 bits per heavy atom. The molecular weight excluding hydrogens is 373 g/mol. The molecule has 1 saturated heterocycles. The number of ether oxygens (including phenoxy) is 1. The Labute approximate surface area is 130 Å². The van der Waals surface area contributed by atoms with Crippen LogP contribution in [0.5, 0.6) is 0 Å². The normalized spacial score (nSPS) is 18.6. The first-order valence-corrected chi connectivity index (χ1v) is 7.30. The summed E-state index contributed by atoms with van der Waals surface area (Å²) < 4.78 is 6.20. The number of nitrogens with zero attached hydrogens (tertiary/aromatic N) is 1. The fraction of sp³-hybridized carbons (Fsp3) is 0.385. The van der Waals surface area contributed by atoms with Gasteiger partial charge in [-0.3, -0.25) is 4.79 Å². The molecule has 1 aliphatic rings. The maximum absolute atomic E-state index is 12.6. The Morgan fingerprint density at radius 3 is 2.65 bits per heavy atom. The van der Waals surface area contributed by atoms with Crippen LogP contribution in [0.2, 0.25) is 0 Å². The number of amidine groups is 1. The number of hydrogen-bond acceptors (Lipinski definition) is 4. The molecule has 0 saturated carbocycles. The molecule has 1 aliphatic heterocycles. The van der Waals surface area contributed by atoms with Gasteiger partial charge in [0.1, 0.15) is 5.41 Å². The van der Waals surface area contributed by atoms with Gasteiger partial charge in [-0.25, -0.2) is 0 Å². The number of amides is 1. The zero-order chi connectivity index (χ0) is 14.6. The second kappa shape index (κ2) is 6.40. The lowest BCUT2D eigenvalue weighted by molar-refractivity contribution is -0.126. The number of benzene rings is 1. The SMILES string of the molecule is NC(=NO)C1(C(=O)Nc2ccccc2I)CCOCC1. The van der Waals surface area contributed by atoms with Crippen molar-refractivity contribution in [2.75, 3.05) is 18.5 Å². The zero-order valence-electron chi connectivity index (χ0n) is 10.8. The molecule has 1 fully saturated rings. The van der Waals surface area contributed by atoms with Crippen LogP contribution >= 0.6 is 22.6 Å². The van der Waals surface area contributed by atoms with Gasteiger partial charge >= 0.3 is 0 Å². The first-order chi connectivity index (χ1) is 9.60. The average molecular weight is 389 g/mol. The third-order valence-electron chi connectivity index (χ3n) is 3.50. The summed E-state index contributed by atoms with van der Waals surface area (Å²) in [4.78, 5) is 12.6. The van der Waals surface area contributed by atoms with E-state index in [1.807, 2.05) is 24.3 Å². The van der Waals surface area contributed by atoms with Crippen LogP contribution in [0, 0.1) is 8.99 Å². The monoisotopic (exact) mass is 389 g/mol. The van der Waals surface area contributed by atoms with Gasteiger partial charge in [0.05, 0.1) is 5.69 Å². The molecule has 0 spiro atoms. The van der Waals surface area contributed by atoms with Crippen molar-refractivity contribution in [1.29, 1.82) is 0 Å². The number of oxime groups is 1. The molecule has 1 heterocycles. The number of anilines is 1. The predicted molar refractivity (Wildman–Crippen MR) is 83.7 cm³/mol. The number of carbonyl (C=O) groups is 1. The van der Waals surface area contributed by atoms with E-state index in [0.29, 0.717) is 26.1 Å². The summed E-state index contributed by atoms with van der Waals surface area (Å²) in [7, 11) is 0. The summed E-state index contributed by atoms with van der Waals surface area (Å²) in [6.07, 6.45) is 0.802.